The van der Waals surface area contributed by atoms with Gasteiger partial charge < -0.3 is 19.3 Å². The fraction of sp³-hybridized carbons (Fsp3) is 0.324. The zero-order valence-electron chi connectivity index (χ0n) is 25.4. The van der Waals surface area contributed by atoms with Gasteiger partial charge >= 0.3 is 6.09 Å². The van der Waals surface area contributed by atoms with Gasteiger partial charge in [-0.1, -0.05) is 80.1 Å². The third kappa shape index (κ3) is 5.79. The maximum Gasteiger partial charge on any atom is 0.410 e. The highest BCUT2D eigenvalue weighted by atomic mass is 16.6. The first-order valence-corrected chi connectivity index (χ1v) is 15.5. The predicted octanol–water partition coefficient (Wildman–Crippen LogP) is 7.11. The first-order chi connectivity index (χ1) is 21.5. The van der Waals surface area contributed by atoms with Crippen LogP contribution in [0, 0.1) is 5.92 Å². The van der Waals surface area contributed by atoms with Gasteiger partial charge in [-0.05, 0) is 60.7 Å². The van der Waals surface area contributed by atoms with Crippen molar-refractivity contribution in [2.24, 2.45) is 5.92 Å². The van der Waals surface area contributed by atoms with E-state index in [1.54, 1.807) is 0 Å². The number of amides is 2. The minimum atomic E-state index is -0.355. The van der Waals surface area contributed by atoms with Crippen LogP contribution in [0.1, 0.15) is 53.9 Å². The van der Waals surface area contributed by atoms with Crippen molar-refractivity contribution in [3.8, 4) is 17.0 Å². The number of nitrogens with zero attached hydrogens (tertiary/aromatic N) is 3. The van der Waals surface area contributed by atoms with Crippen LogP contribution in [0.4, 0.5) is 4.79 Å². The topological polar surface area (TPSA) is 72.0 Å². The lowest BCUT2D eigenvalue weighted by atomic mass is 9.62. The van der Waals surface area contributed by atoms with E-state index in [0.29, 0.717) is 38.3 Å². The van der Waals surface area contributed by atoms with Gasteiger partial charge in [-0.25, -0.2) is 4.79 Å². The highest BCUT2D eigenvalue weighted by Gasteiger charge is 2.50. The first-order valence-electron chi connectivity index (χ1n) is 15.5. The second-order valence-corrected chi connectivity index (χ2v) is 11.6. The number of likely N-dealkylation sites (tertiary alicyclic amines) is 1. The number of aromatic nitrogens is 1. The Hall–Kier alpha value is -4.65. The quantitative estimate of drug-likeness (QED) is 0.230. The standard InChI is InChI=1S/C37H39N3O4/c1-3-29-23-39(35(41)28-15-9-6-10-16-28)22-21-37(29)26-40(36(42)44-25-27-13-7-5-8-14-27)24-33-31(37)19-20-32(38-33)30-17-11-12-18-34(30)43-4-2/h5-20,29H,3-4,21-26H2,1-2H3/t29?,37-/m0/s1. The van der Waals surface area contributed by atoms with E-state index < -0.39 is 0 Å². The van der Waals surface area contributed by atoms with Crippen molar-refractivity contribution in [1.29, 1.82) is 0 Å². The molecule has 7 nitrogen and oxygen atoms in total. The van der Waals surface area contributed by atoms with Gasteiger partial charge in [0.1, 0.15) is 12.4 Å². The number of pyridine rings is 1. The van der Waals surface area contributed by atoms with Crippen molar-refractivity contribution >= 4 is 12.0 Å². The van der Waals surface area contributed by atoms with Gasteiger partial charge in [0, 0.05) is 36.2 Å². The highest BCUT2D eigenvalue weighted by molar-refractivity contribution is 5.94. The molecule has 0 saturated carbocycles. The maximum absolute atomic E-state index is 13.6. The molecule has 1 saturated heterocycles. The molecule has 1 fully saturated rings. The molecule has 3 heterocycles. The Bertz CT molecular complexity index is 1610. The van der Waals surface area contributed by atoms with Crippen LogP contribution in [-0.2, 0) is 23.3 Å². The predicted molar refractivity (Wildman–Crippen MR) is 170 cm³/mol. The number of ether oxygens (including phenoxy) is 2. The lowest BCUT2D eigenvalue weighted by Crippen LogP contribution is -2.59. The molecule has 3 aromatic carbocycles. The van der Waals surface area contributed by atoms with E-state index in [0.717, 1.165) is 41.1 Å². The van der Waals surface area contributed by atoms with Crippen LogP contribution in [-0.4, -0.2) is 53.0 Å². The first kappa shape index (κ1) is 29.4. The van der Waals surface area contributed by atoms with Gasteiger partial charge in [0.25, 0.3) is 5.91 Å². The third-order valence-electron chi connectivity index (χ3n) is 9.10. The molecular weight excluding hydrogens is 550 g/mol. The van der Waals surface area contributed by atoms with Crippen LogP contribution in [0.5, 0.6) is 5.75 Å². The van der Waals surface area contributed by atoms with Crippen molar-refractivity contribution in [2.45, 2.75) is 45.3 Å². The molecule has 0 bridgehead atoms. The molecule has 1 unspecified atom stereocenters. The summed E-state index contributed by atoms with van der Waals surface area (Å²) in [6, 6.07) is 31.4. The summed E-state index contributed by atoms with van der Waals surface area (Å²) < 4.78 is 11.8. The molecule has 1 aromatic heterocycles. The van der Waals surface area contributed by atoms with Crippen molar-refractivity contribution in [2.75, 3.05) is 26.2 Å². The lowest BCUT2D eigenvalue weighted by molar-refractivity contribution is 0.0268. The minimum Gasteiger partial charge on any atom is -0.493 e. The molecule has 2 aliphatic heterocycles. The smallest absolute Gasteiger partial charge is 0.410 e. The fourth-order valence-corrected chi connectivity index (χ4v) is 6.89. The molecule has 44 heavy (non-hydrogen) atoms. The van der Waals surface area contributed by atoms with Crippen LogP contribution in [0.3, 0.4) is 0 Å². The number of carbonyl (C=O) groups excluding carboxylic acids is 2. The molecule has 4 aromatic rings. The molecular formula is C37H39N3O4. The molecule has 1 spiro atoms. The number of para-hydroxylation sites is 1. The zero-order valence-corrected chi connectivity index (χ0v) is 25.4. The summed E-state index contributed by atoms with van der Waals surface area (Å²) in [5, 5.41) is 0. The summed E-state index contributed by atoms with van der Waals surface area (Å²) in [5.41, 5.74) is 5.07. The second-order valence-electron chi connectivity index (χ2n) is 11.6. The van der Waals surface area contributed by atoms with Gasteiger partial charge in [-0.3, -0.25) is 9.78 Å². The third-order valence-corrected chi connectivity index (χ3v) is 9.10. The molecule has 2 aliphatic rings. The van der Waals surface area contributed by atoms with Crippen LogP contribution >= 0.6 is 0 Å². The Morgan fingerprint density at radius 1 is 0.886 bits per heavy atom. The Labute approximate surface area is 259 Å². The SMILES string of the molecule is CCOc1ccccc1-c1ccc2c(n1)CN(C(=O)OCc1ccccc1)C[C@]21CCN(C(=O)c2ccccc2)CC1CC. The maximum atomic E-state index is 13.6. The number of carbonyl (C=O) groups is 2. The van der Waals surface area contributed by atoms with E-state index in [2.05, 4.69) is 19.1 Å². The number of hydrogen-bond acceptors (Lipinski definition) is 5. The Kier molecular flexibility index (Phi) is 8.64. The van der Waals surface area contributed by atoms with Gasteiger partial charge in [0.2, 0.25) is 0 Å². The summed E-state index contributed by atoms with van der Waals surface area (Å²) in [4.78, 5) is 36.1. The van der Waals surface area contributed by atoms with Crippen LogP contribution in [0.2, 0.25) is 0 Å². The van der Waals surface area contributed by atoms with E-state index in [4.69, 9.17) is 14.5 Å². The van der Waals surface area contributed by atoms with E-state index in [1.165, 1.54) is 5.56 Å². The minimum absolute atomic E-state index is 0.0510. The lowest BCUT2D eigenvalue weighted by Gasteiger charge is -2.52. The van der Waals surface area contributed by atoms with Crippen molar-refractivity contribution in [3.63, 3.8) is 0 Å². The molecule has 6 rings (SSSR count). The highest BCUT2D eigenvalue weighted by Crippen LogP contribution is 2.47. The largest absolute Gasteiger partial charge is 0.493 e. The van der Waals surface area contributed by atoms with E-state index >= 15 is 0 Å². The van der Waals surface area contributed by atoms with Gasteiger partial charge in [-0.15, -0.1) is 0 Å². The monoisotopic (exact) mass is 589 g/mol. The number of hydrogen-bond donors (Lipinski definition) is 0. The second kappa shape index (κ2) is 12.9. The molecule has 0 aliphatic carbocycles. The van der Waals surface area contributed by atoms with Crippen molar-refractivity contribution < 1.29 is 19.1 Å². The Balaban J connectivity index is 1.35. The summed E-state index contributed by atoms with van der Waals surface area (Å²) >= 11 is 0. The normalized spacial score (nSPS) is 19.4. The summed E-state index contributed by atoms with van der Waals surface area (Å²) in [5.74, 6) is 0.970. The Morgan fingerprint density at radius 3 is 2.36 bits per heavy atom. The van der Waals surface area contributed by atoms with Crippen LogP contribution in [0.25, 0.3) is 11.3 Å². The Morgan fingerprint density at radius 2 is 1.61 bits per heavy atom. The van der Waals surface area contributed by atoms with Gasteiger partial charge in [-0.2, -0.15) is 0 Å². The van der Waals surface area contributed by atoms with E-state index in [1.807, 2.05) is 102 Å². The van der Waals surface area contributed by atoms with Crippen LogP contribution < -0.4 is 4.74 Å². The summed E-state index contributed by atoms with van der Waals surface area (Å²) in [6.45, 7) is 7.02. The molecule has 2 amide bonds. The average molecular weight is 590 g/mol. The number of benzene rings is 3. The molecule has 0 N–H and O–H groups in total. The molecule has 226 valence electrons. The van der Waals surface area contributed by atoms with Crippen LogP contribution in [0.15, 0.2) is 97.1 Å². The number of fused-ring (bicyclic) bond motifs is 2. The summed E-state index contributed by atoms with van der Waals surface area (Å²) in [7, 11) is 0. The molecule has 0 radical (unpaired) electrons. The van der Waals surface area contributed by atoms with Gasteiger partial charge in [0.05, 0.1) is 24.5 Å². The van der Waals surface area contributed by atoms with Gasteiger partial charge in [0.15, 0.2) is 0 Å². The number of piperidine rings is 1. The zero-order chi connectivity index (χ0) is 30.5. The van der Waals surface area contributed by atoms with E-state index in [9.17, 15) is 9.59 Å². The van der Waals surface area contributed by atoms with E-state index in [-0.39, 0.29) is 29.9 Å². The fourth-order valence-electron chi connectivity index (χ4n) is 6.89. The van der Waals surface area contributed by atoms with Crippen molar-refractivity contribution in [3.05, 3.63) is 119 Å². The number of rotatable bonds is 7. The molecule has 7 heteroatoms. The molecule has 2 atom stereocenters. The average Bonchev–Trinajstić information content (AvgIpc) is 3.08. The summed E-state index contributed by atoms with van der Waals surface area (Å²) in [6.07, 6.45) is 1.24. The van der Waals surface area contributed by atoms with Crippen molar-refractivity contribution in [1.82, 2.24) is 14.8 Å².